The first-order valence-electron chi connectivity index (χ1n) is 6.24. The van der Waals surface area contributed by atoms with Crippen LogP contribution in [0.1, 0.15) is 13.8 Å². The van der Waals surface area contributed by atoms with Crippen molar-refractivity contribution in [3.8, 4) is 0 Å². The van der Waals surface area contributed by atoms with Crippen molar-refractivity contribution in [3.05, 3.63) is 30.3 Å². The molecule has 21 heavy (non-hydrogen) atoms. The second-order valence-corrected chi connectivity index (χ2v) is 6.99. The van der Waals surface area contributed by atoms with E-state index >= 15 is 0 Å². The Kier molecular flexibility index (Phi) is 3.87. The van der Waals surface area contributed by atoms with Crippen LogP contribution in [0.15, 0.2) is 35.4 Å². The summed E-state index contributed by atoms with van der Waals surface area (Å²) < 4.78 is 30.5. The Morgan fingerprint density at radius 1 is 1.33 bits per heavy atom. The molecule has 0 saturated heterocycles. The van der Waals surface area contributed by atoms with Crippen molar-refractivity contribution in [2.45, 2.75) is 18.6 Å². The van der Waals surface area contributed by atoms with Crippen molar-refractivity contribution < 1.29 is 22.9 Å². The number of amides is 1. The molecule has 0 aliphatic carbocycles. The van der Waals surface area contributed by atoms with Gasteiger partial charge in [0.05, 0.1) is 18.0 Å². The highest BCUT2D eigenvalue weighted by Gasteiger charge is 2.54. The Labute approximate surface area is 122 Å². The zero-order chi connectivity index (χ0) is 15.8. The Balaban J connectivity index is 2.46. The van der Waals surface area contributed by atoms with Crippen LogP contribution >= 0.6 is 0 Å². The number of rotatable bonds is 4. The summed E-state index contributed by atoms with van der Waals surface area (Å²) in [7, 11) is -4.65. The topological polar surface area (TPSA) is 107 Å². The Hall–Kier alpha value is -1.77. The molecule has 114 valence electrons. The molecular weight excluding hydrogens is 296 g/mol. The SMILES string of the molecule is CC1=NN(c2ccccc2)C(=O)[C@@H]1[C@](C)(CO)S(=O)(=O)O. The molecule has 8 heteroatoms. The number of nitrogens with zero attached hydrogens (tertiary/aromatic N) is 2. The third kappa shape index (κ3) is 2.45. The molecule has 2 atom stereocenters. The van der Waals surface area contributed by atoms with Gasteiger partial charge in [0.1, 0.15) is 10.7 Å². The molecule has 0 unspecified atom stereocenters. The van der Waals surface area contributed by atoms with Gasteiger partial charge >= 0.3 is 0 Å². The van der Waals surface area contributed by atoms with Crippen LogP contribution in [0.25, 0.3) is 0 Å². The number of hydrogen-bond donors (Lipinski definition) is 2. The second kappa shape index (κ2) is 5.21. The van der Waals surface area contributed by atoms with Crippen LogP contribution in [0.3, 0.4) is 0 Å². The summed E-state index contributed by atoms with van der Waals surface area (Å²) in [6, 6.07) is 8.51. The van der Waals surface area contributed by atoms with Crippen molar-refractivity contribution in [1.82, 2.24) is 0 Å². The first-order valence-corrected chi connectivity index (χ1v) is 7.68. The monoisotopic (exact) mass is 312 g/mol. The molecule has 0 bridgehead atoms. The van der Waals surface area contributed by atoms with E-state index in [1.807, 2.05) is 0 Å². The van der Waals surface area contributed by atoms with E-state index in [1.165, 1.54) is 6.92 Å². The number of para-hydroxylation sites is 1. The quantitative estimate of drug-likeness (QED) is 0.794. The summed E-state index contributed by atoms with van der Waals surface area (Å²) in [6.07, 6.45) is 0. The standard InChI is InChI=1S/C13H16N2O5S/c1-9-11(13(2,8-16)21(18,19)20)12(17)15(14-9)10-6-4-3-5-7-10/h3-7,11,16H,8H2,1-2H3,(H,18,19,20)/t11-,13+/m1/s1. The van der Waals surface area contributed by atoms with Gasteiger partial charge in [0, 0.05) is 0 Å². The summed E-state index contributed by atoms with van der Waals surface area (Å²) in [4.78, 5) is 12.5. The fourth-order valence-corrected chi connectivity index (χ4v) is 3.08. The van der Waals surface area contributed by atoms with Gasteiger partial charge in [-0.1, -0.05) is 18.2 Å². The fraction of sp³-hybridized carbons (Fsp3) is 0.385. The van der Waals surface area contributed by atoms with Crippen LogP contribution in [0.2, 0.25) is 0 Å². The van der Waals surface area contributed by atoms with E-state index in [2.05, 4.69) is 5.10 Å². The summed E-state index contributed by atoms with van der Waals surface area (Å²) >= 11 is 0. The maximum atomic E-state index is 12.5. The van der Waals surface area contributed by atoms with Gasteiger partial charge in [-0.05, 0) is 26.0 Å². The average Bonchev–Trinajstić information content (AvgIpc) is 2.73. The van der Waals surface area contributed by atoms with Crippen LogP contribution in [-0.2, 0) is 14.9 Å². The first-order chi connectivity index (χ1) is 9.72. The van der Waals surface area contributed by atoms with Crippen LogP contribution in [-0.4, -0.2) is 41.0 Å². The van der Waals surface area contributed by atoms with Gasteiger partial charge in [-0.2, -0.15) is 13.5 Å². The fourth-order valence-electron chi connectivity index (χ4n) is 2.34. The Bertz CT molecular complexity index is 686. The highest BCUT2D eigenvalue weighted by atomic mass is 32.2. The molecule has 1 aromatic carbocycles. The molecule has 1 aliphatic heterocycles. The number of carbonyl (C=O) groups excluding carboxylic acids is 1. The van der Waals surface area contributed by atoms with Gasteiger partial charge in [-0.3, -0.25) is 9.35 Å². The third-order valence-corrected chi connectivity index (χ3v) is 5.19. The number of benzene rings is 1. The number of hydrazone groups is 1. The number of aliphatic hydroxyl groups is 1. The van der Waals surface area contributed by atoms with E-state index in [-0.39, 0.29) is 5.71 Å². The van der Waals surface area contributed by atoms with Crippen LogP contribution in [0, 0.1) is 5.92 Å². The predicted molar refractivity (Wildman–Crippen MR) is 77.6 cm³/mol. The molecule has 0 spiro atoms. The largest absolute Gasteiger partial charge is 0.395 e. The zero-order valence-corrected chi connectivity index (χ0v) is 12.4. The van der Waals surface area contributed by atoms with E-state index in [9.17, 15) is 22.9 Å². The molecule has 1 amide bonds. The third-order valence-electron chi connectivity index (χ3n) is 3.65. The second-order valence-electron chi connectivity index (χ2n) is 5.11. The van der Waals surface area contributed by atoms with Gasteiger partial charge < -0.3 is 5.11 Å². The van der Waals surface area contributed by atoms with Gasteiger partial charge in [-0.25, -0.2) is 5.01 Å². The number of aliphatic hydroxyl groups excluding tert-OH is 1. The molecule has 0 fully saturated rings. The van der Waals surface area contributed by atoms with E-state index < -0.39 is 33.3 Å². The molecule has 2 N–H and O–H groups in total. The lowest BCUT2D eigenvalue weighted by Crippen LogP contribution is -2.52. The van der Waals surface area contributed by atoms with E-state index in [1.54, 1.807) is 30.3 Å². The van der Waals surface area contributed by atoms with Crippen molar-refractivity contribution in [2.75, 3.05) is 11.6 Å². The molecule has 0 aromatic heterocycles. The van der Waals surface area contributed by atoms with Crippen LogP contribution in [0.5, 0.6) is 0 Å². The van der Waals surface area contributed by atoms with Gasteiger partial charge in [0.15, 0.2) is 0 Å². The molecule has 0 saturated carbocycles. The predicted octanol–water partition coefficient (Wildman–Crippen LogP) is 0.664. The maximum Gasteiger partial charge on any atom is 0.273 e. The zero-order valence-electron chi connectivity index (χ0n) is 11.6. The van der Waals surface area contributed by atoms with Crippen LogP contribution in [0.4, 0.5) is 5.69 Å². The molecular formula is C13H16N2O5S. The Morgan fingerprint density at radius 2 is 1.90 bits per heavy atom. The Morgan fingerprint density at radius 3 is 2.38 bits per heavy atom. The normalized spacial score (nSPS) is 22.1. The summed E-state index contributed by atoms with van der Waals surface area (Å²) in [5.74, 6) is -1.84. The lowest BCUT2D eigenvalue weighted by atomic mass is 9.89. The number of hydrogen-bond acceptors (Lipinski definition) is 5. The molecule has 2 rings (SSSR count). The van der Waals surface area contributed by atoms with Crippen molar-refractivity contribution in [2.24, 2.45) is 11.0 Å². The highest BCUT2D eigenvalue weighted by molar-refractivity contribution is 7.87. The maximum absolute atomic E-state index is 12.5. The minimum Gasteiger partial charge on any atom is -0.395 e. The minimum absolute atomic E-state index is 0.220. The minimum atomic E-state index is -4.65. The van der Waals surface area contributed by atoms with E-state index in [0.29, 0.717) is 5.69 Å². The van der Waals surface area contributed by atoms with Crippen molar-refractivity contribution in [1.29, 1.82) is 0 Å². The number of carbonyl (C=O) groups is 1. The van der Waals surface area contributed by atoms with Crippen molar-refractivity contribution in [3.63, 3.8) is 0 Å². The van der Waals surface area contributed by atoms with E-state index in [0.717, 1.165) is 11.9 Å². The number of anilines is 1. The lowest BCUT2D eigenvalue weighted by Gasteiger charge is -2.29. The average molecular weight is 312 g/mol. The first kappa shape index (κ1) is 15.6. The summed E-state index contributed by atoms with van der Waals surface area (Å²) in [5, 5.41) is 14.6. The smallest absolute Gasteiger partial charge is 0.273 e. The summed E-state index contributed by atoms with van der Waals surface area (Å²) in [6.45, 7) is 1.72. The van der Waals surface area contributed by atoms with Gasteiger partial charge in [0.2, 0.25) is 0 Å². The van der Waals surface area contributed by atoms with Crippen LogP contribution < -0.4 is 5.01 Å². The summed E-state index contributed by atoms with van der Waals surface area (Å²) in [5.41, 5.74) is 0.706. The van der Waals surface area contributed by atoms with Gasteiger partial charge in [-0.15, -0.1) is 0 Å². The lowest BCUT2D eigenvalue weighted by molar-refractivity contribution is -0.120. The van der Waals surface area contributed by atoms with Gasteiger partial charge in [0.25, 0.3) is 16.0 Å². The molecule has 1 aliphatic rings. The highest BCUT2D eigenvalue weighted by Crippen LogP contribution is 2.34. The van der Waals surface area contributed by atoms with Crippen molar-refractivity contribution >= 4 is 27.4 Å². The molecule has 1 aromatic rings. The molecule has 7 nitrogen and oxygen atoms in total. The molecule has 0 radical (unpaired) electrons. The molecule has 1 heterocycles. The van der Waals surface area contributed by atoms with E-state index in [4.69, 9.17) is 0 Å².